The highest BCUT2D eigenvalue weighted by Crippen LogP contribution is 2.27. The molecule has 0 saturated carbocycles. The minimum Gasteiger partial charge on any atom is -0.478 e. The molecule has 0 unspecified atom stereocenters. The predicted molar refractivity (Wildman–Crippen MR) is 68.9 cm³/mol. The molecule has 2 heterocycles. The molecule has 0 spiro atoms. The summed E-state index contributed by atoms with van der Waals surface area (Å²) in [6.45, 7) is 3.98. The lowest BCUT2D eigenvalue weighted by molar-refractivity contribution is 0.0696. The van der Waals surface area contributed by atoms with E-state index in [4.69, 9.17) is 21.4 Å². The quantitative estimate of drug-likeness (QED) is 0.932. The Kier molecular flexibility index (Phi) is 3.71. The average molecular weight is 282 g/mol. The van der Waals surface area contributed by atoms with Crippen molar-refractivity contribution in [2.75, 3.05) is 0 Å². The maximum atomic E-state index is 10.7. The van der Waals surface area contributed by atoms with Crippen LogP contribution in [0.15, 0.2) is 24.7 Å². The number of carboxylic acids is 1. The number of rotatable bonds is 4. The molecule has 0 aliphatic heterocycles. The van der Waals surface area contributed by atoms with Gasteiger partial charge in [0.1, 0.15) is 5.02 Å². The number of aromatic nitrogens is 3. The van der Waals surface area contributed by atoms with E-state index in [0.717, 1.165) is 0 Å². The largest absolute Gasteiger partial charge is 0.478 e. The van der Waals surface area contributed by atoms with Gasteiger partial charge in [-0.2, -0.15) is 5.10 Å². The smallest absolute Gasteiger partial charge is 0.337 e. The third-order valence-corrected chi connectivity index (χ3v) is 2.65. The van der Waals surface area contributed by atoms with Gasteiger partial charge in [-0.05, 0) is 19.9 Å². The number of nitrogens with zero attached hydrogens (tertiary/aromatic N) is 3. The van der Waals surface area contributed by atoms with Crippen molar-refractivity contribution >= 4 is 17.6 Å². The fourth-order valence-electron chi connectivity index (χ4n) is 1.38. The fraction of sp³-hybridized carbons (Fsp3) is 0.250. The molecule has 0 atom stereocenters. The number of halogens is 1. The molecular weight excluding hydrogens is 270 g/mol. The number of ether oxygens (including phenoxy) is 1. The molecule has 0 amide bonds. The Bertz CT molecular complexity index is 610. The summed E-state index contributed by atoms with van der Waals surface area (Å²) >= 11 is 5.91. The minimum absolute atomic E-state index is 0.00947. The van der Waals surface area contributed by atoms with E-state index in [1.54, 1.807) is 17.1 Å². The molecule has 7 heteroatoms. The van der Waals surface area contributed by atoms with Gasteiger partial charge in [0.2, 0.25) is 5.88 Å². The van der Waals surface area contributed by atoms with Crippen LogP contribution in [0.5, 0.6) is 11.6 Å². The minimum atomic E-state index is -1.09. The first-order chi connectivity index (χ1) is 8.97. The van der Waals surface area contributed by atoms with E-state index in [-0.39, 0.29) is 22.5 Å². The lowest BCUT2D eigenvalue weighted by atomic mass is 10.3. The topological polar surface area (TPSA) is 77.2 Å². The van der Waals surface area contributed by atoms with Crippen LogP contribution in [0.1, 0.15) is 30.2 Å². The van der Waals surface area contributed by atoms with E-state index in [1.165, 1.54) is 12.3 Å². The molecule has 0 fully saturated rings. The number of carbonyl (C=O) groups is 1. The summed E-state index contributed by atoms with van der Waals surface area (Å²) in [5.41, 5.74) is 0.00947. The summed E-state index contributed by atoms with van der Waals surface area (Å²) in [5.74, 6) is -0.449. The fourth-order valence-corrected chi connectivity index (χ4v) is 1.59. The number of aromatic carboxylic acids is 1. The van der Waals surface area contributed by atoms with Crippen molar-refractivity contribution in [2.45, 2.75) is 19.9 Å². The van der Waals surface area contributed by atoms with Crippen molar-refractivity contribution < 1.29 is 14.6 Å². The van der Waals surface area contributed by atoms with E-state index in [0.29, 0.717) is 5.75 Å². The highest BCUT2D eigenvalue weighted by atomic mass is 35.5. The van der Waals surface area contributed by atoms with Crippen molar-refractivity contribution in [2.24, 2.45) is 0 Å². The molecule has 0 saturated heterocycles. The van der Waals surface area contributed by atoms with Gasteiger partial charge in [0.15, 0.2) is 5.75 Å². The molecule has 100 valence electrons. The average Bonchev–Trinajstić information content (AvgIpc) is 2.80. The second-order valence-corrected chi connectivity index (χ2v) is 4.58. The van der Waals surface area contributed by atoms with Crippen molar-refractivity contribution in [1.82, 2.24) is 14.8 Å². The van der Waals surface area contributed by atoms with Crippen molar-refractivity contribution in [3.05, 3.63) is 35.2 Å². The van der Waals surface area contributed by atoms with Crippen LogP contribution in [-0.4, -0.2) is 25.8 Å². The lowest BCUT2D eigenvalue weighted by Gasteiger charge is -2.05. The second kappa shape index (κ2) is 5.27. The van der Waals surface area contributed by atoms with E-state index in [1.807, 2.05) is 13.8 Å². The Hall–Kier alpha value is -2.08. The van der Waals surface area contributed by atoms with Gasteiger partial charge < -0.3 is 9.84 Å². The van der Waals surface area contributed by atoms with Crippen LogP contribution in [0.25, 0.3) is 0 Å². The van der Waals surface area contributed by atoms with Gasteiger partial charge >= 0.3 is 5.97 Å². The van der Waals surface area contributed by atoms with Crippen LogP contribution in [0.2, 0.25) is 5.02 Å². The third-order valence-electron chi connectivity index (χ3n) is 2.38. The van der Waals surface area contributed by atoms with Gasteiger partial charge in [-0.15, -0.1) is 0 Å². The van der Waals surface area contributed by atoms with Crippen molar-refractivity contribution in [3.8, 4) is 11.6 Å². The van der Waals surface area contributed by atoms with E-state index in [9.17, 15) is 4.79 Å². The van der Waals surface area contributed by atoms with Crippen LogP contribution in [0.3, 0.4) is 0 Å². The van der Waals surface area contributed by atoms with Gasteiger partial charge in [0, 0.05) is 12.2 Å². The number of hydrogen-bond donors (Lipinski definition) is 1. The molecule has 19 heavy (non-hydrogen) atoms. The first-order valence-corrected chi connectivity index (χ1v) is 5.96. The maximum Gasteiger partial charge on any atom is 0.337 e. The monoisotopic (exact) mass is 281 g/mol. The summed E-state index contributed by atoms with van der Waals surface area (Å²) in [7, 11) is 0. The zero-order valence-electron chi connectivity index (χ0n) is 10.4. The molecular formula is C12H12ClN3O3. The Morgan fingerprint density at radius 2 is 2.21 bits per heavy atom. The molecule has 2 rings (SSSR count). The van der Waals surface area contributed by atoms with E-state index in [2.05, 4.69) is 10.1 Å². The van der Waals surface area contributed by atoms with Crippen molar-refractivity contribution in [3.63, 3.8) is 0 Å². The van der Waals surface area contributed by atoms with Gasteiger partial charge in [0.25, 0.3) is 0 Å². The van der Waals surface area contributed by atoms with Gasteiger partial charge in [-0.25, -0.2) is 9.78 Å². The molecule has 0 aliphatic carbocycles. The van der Waals surface area contributed by atoms with Crippen LogP contribution < -0.4 is 4.74 Å². The molecule has 2 aromatic rings. The maximum absolute atomic E-state index is 10.7. The molecule has 1 N–H and O–H groups in total. The summed E-state index contributed by atoms with van der Waals surface area (Å²) in [5, 5.41) is 13.1. The molecule has 0 radical (unpaired) electrons. The number of hydrogen-bond acceptors (Lipinski definition) is 4. The zero-order valence-corrected chi connectivity index (χ0v) is 11.1. The molecule has 0 aromatic carbocycles. The van der Waals surface area contributed by atoms with Gasteiger partial charge in [0.05, 0.1) is 18.0 Å². The van der Waals surface area contributed by atoms with Crippen molar-refractivity contribution in [1.29, 1.82) is 0 Å². The Balaban J connectivity index is 2.20. The summed E-state index contributed by atoms with van der Waals surface area (Å²) in [4.78, 5) is 14.6. The Labute approximate surface area is 114 Å². The van der Waals surface area contributed by atoms with Gasteiger partial charge in [-0.1, -0.05) is 11.6 Å². The molecule has 0 aliphatic rings. The SMILES string of the molecule is CC(C)n1cc(Oc2ncc(C(=O)O)cc2Cl)cn1. The number of carboxylic acid groups (broad SMARTS) is 1. The number of pyridine rings is 1. The first-order valence-electron chi connectivity index (χ1n) is 5.58. The van der Waals surface area contributed by atoms with Crippen LogP contribution in [-0.2, 0) is 0 Å². The Morgan fingerprint density at radius 3 is 2.74 bits per heavy atom. The summed E-state index contributed by atoms with van der Waals surface area (Å²) in [6.07, 6.45) is 4.45. The van der Waals surface area contributed by atoms with E-state index < -0.39 is 5.97 Å². The van der Waals surface area contributed by atoms with Crippen LogP contribution in [0, 0.1) is 0 Å². The lowest BCUT2D eigenvalue weighted by Crippen LogP contribution is -2.00. The standard InChI is InChI=1S/C12H12ClN3O3/c1-7(2)16-6-9(5-15-16)19-11-10(13)3-8(4-14-11)12(17)18/h3-7H,1-2H3,(H,17,18). The highest BCUT2D eigenvalue weighted by molar-refractivity contribution is 6.32. The molecule has 2 aromatic heterocycles. The highest BCUT2D eigenvalue weighted by Gasteiger charge is 2.11. The predicted octanol–water partition coefficient (Wildman–Crippen LogP) is 3.00. The third kappa shape index (κ3) is 3.03. The van der Waals surface area contributed by atoms with Crippen LogP contribution in [0.4, 0.5) is 0 Å². The normalized spacial score (nSPS) is 10.7. The second-order valence-electron chi connectivity index (χ2n) is 4.17. The Morgan fingerprint density at radius 1 is 1.47 bits per heavy atom. The first kappa shape index (κ1) is 13.4. The molecule has 6 nitrogen and oxygen atoms in total. The zero-order chi connectivity index (χ0) is 14.0. The van der Waals surface area contributed by atoms with Gasteiger partial charge in [-0.3, -0.25) is 4.68 Å². The summed E-state index contributed by atoms with van der Waals surface area (Å²) < 4.78 is 7.19. The summed E-state index contributed by atoms with van der Waals surface area (Å²) in [6, 6.07) is 1.51. The molecule has 0 bridgehead atoms. The van der Waals surface area contributed by atoms with E-state index >= 15 is 0 Å². The van der Waals surface area contributed by atoms with Crippen LogP contribution >= 0.6 is 11.6 Å².